The number of aryl methyl sites for hydroxylation is 7. The van der Waals surface area contributed by atoms with Crippen LogP contribution in [0.15, 0.2) is 219 Å². The summed E-state index contributed by atoms with van der Waals surface area (Å²) in [5.41, 5.74) is 30.1. The molecule has 0 aliphatic carbocycles. The van der Waals surface area contributed by atoms with Crippen molar-refractivity contribution in [2.24, 2.45) is 0 Å². The predicted molar refractivity (Wildman–Crippen MR) is 506 cm³/mol. The third kappa shape index (κ3) is 21.5. The minimum absolute atomic E-state index is 0.0814. The molecule has 16 aromatic rings. The largest absolute Gasteiger partial charge is 0.323 e. The zero-order valence-electron chi connectivity index (χ0n) is 74.0. The summed E-state index contributed by atoms with van der Waals surface area (Å²) < 4.78 is 0. The fraction of sp³-hybridized carbons (Fsp3) is 0.240. The van der Waals surface area contributed by atoms with E-state index in [1.165, 1.54) is 5.56 Å². The van der Waals surface area contributed by atoms with Crippen LogP contribution in [0.1, 0.15) is 150 Å². The first-order chi connectivity index (χ1) is 58.8. The van der Waals surface area contributed by atoms with Crippen molar-refractivity contribution in [1.82, 2.24) is 60.7 Å². The van der Waals surface area contributed by atoms with E-state index in [1.54, 1.807) is 24.8 Å². The third-order valence-electron chi connectivity index (χ3n) is 21.3. The molecule has 124 heavy (non-hydrogen) atoms. The number of hydrogen-bond donors (Lipinski definition) is 12. The second kappa shape index (κ2) is 36.3. The van der Waals surface area contributed by atoms with Crippen LogP contribution in [-0.2, 0) is 21.7 Å². The molecule has 0 saturated heterocycles. The standard InChI is InChI=1S/4C25H27N5O/c1-15-6-9-19(12-16(15)2)28-24(31)27-18-10-7-17(8-11-18)20-13-22(25(3,4)5)29-23-21(20)14-26-30-23;1-15-10-16(2)12-19(11-15)28-24(31)27-18-8-6-17(7-9-18)20-13-22(25(3,4)5)29-23-21(20)14-26-30-23;1-15-6-7-16(2)21(12-15)28-24(31)27-18-10-8-17(9-11-18)19-13-22(25(3,4)5)29-23-20(19)14-26-30-23;1-15-7-6-8-21(16(15)2)28-24(31)27-18-11-9-17(10-12-18)19-13-22(25(3,4)5)29-23-20(19)14-26-30-23/h4*6-14H,1-5H3,(H,26,29,30)(H2,27,28,31). The van der Waals surface area contributed by atoms with Crippen LogP contribution < -0.4 is 42.5 Å². The van der Waals surface area contributed by atoms with Gasteiger partial charge in [-0.3, -0.25) is 20.4 Å². The van der Waals surface area contributed by atoms with Crippen molar-refractivity contribution < 1.29 is 19.2 Å². The molecule has 0 bridgehead atoms. The van der Waals surface area contributed by atoms with Crippen molar-refractivity contribution in [3.8, 4) is 44.5 Å². The van der Waals surface area contributed by atoms with Gasteiger partial charge in [0.1, 0.15) is 0 Å². The molecular formula is C100H108N20O4. The first kappa shape index (κ1) is 87.1. The van der Waals surface area contributed by atoms with Gasteiger partial charge >= 0.3 is 24.1 Å². The van der Waals surface area contributed by atoms with Gasteiger partial charge in [0.25, 0.3) is 0 Å². The topological polar surface area (TPSA) is 331 Å². The van der Waals surface area contributed by atoms with E-state index in [2.05, 4.69) is 197 Å². The quantitative estimate of drug-likeness (QED) is 0.0543. The molecule has 8 aromatic heterocycles. The number of nitrogens with one attached hydrogen (secondary N) is 12. The molecule has 0 aliphatic rings. The lowest BCUT2D eigenvalue weighted by atomic mass is 9.89. The minimum atomic E-state index is -0.271. The monoisotopic (exact) mass is 1650 g/mol. The van der Waals surface area contributed by atoms with Crippen molar-refractivity contribution in [1.29, 1.82) is 0 Å². The van der Waals surface area contributed by atoms with Crippen LogP contribution in [0.5, 0.6) is 0 Å². The fourth-order valence-electron chi connectivity index (χ4n) is 13.9. The van der Waals surface area contributed by atoms with E-state index in [9.17, 15) is 19.2 Å². The Kier molecular flexibility index (Phi) is 25.5. The molecule has 8 aromatic carbocycles. The lowest BCUT2D eigenvalue weighted by molar-refractivity contribution is 0.261. The molecule has 0 saturated carbocycles. The first-order valence-electron chi connectivity index (χ1n) is 41.2. The normalized spacial score (nSPS) is 11.5. The number of hydrogen-bond acceptors (Lipinski definition) is 12. The summed E-state index contributed by atoms with van der Waals surface area (Å²) in [6.07, 6.45) is 7.20. The molecule has 0 atom stereocenters. The number of aromatic amines is 4. The predicted octanol–water partition coefficient (Wildman–Crippen LogP) is 24.7. The average Bonchev–Trinajstić information content (AvgIpc) is 1.60. The fourth-order valence-corrected chi connectivity index (χ4v) is 13.9. The first-order valence-corrected chi connectivity index (χ1v) is 41.2. The van der Waals surface area contributed by atoms with Gasteiger partial charge in [-0.1, -0.05) is 168 Å². The Labute approximate surface area is 723 Å². The highest BCUT2D eigenvalue weighted by atomic mass is 16.2. The van der Waals surface area contributed by atoms with E-state index in [0.29, 0.717) is 0 Å². The molecule has 0 unspecified atom stereocenters. The zero-order chi connectivity index (χ0) is 88.7. The summed E-state index contributed by atoms with van der Waals surface area (Å²) in [4.78, 5) is 68.6. The van der Waals surface area contributed by atoms with Crippen LogP contribution in [0.3, 0.4) is 0 Å². The SMILES string of the molecule is Cc1cc(C)cc(NC(=O)Nc2ccc(-c3cc(C(C)(C)C)nc4[nH]ncc34)cc2)c1.Cc1ccc(C)c(NC(=O)Nc2ccc(-c3cc(C(C)(C)C)nc4[nH]ncc34)cc2)c1.Cc1ccc(NC(=O)Nc2ccc(-c3cc(C(C)(C)C)nc4[nH]ncc34)cc2)cc1C.Cc1cccc(NC(=O)Nc2ccc(-c3cc(C(C)(C)C)nc4[nH]ncc34)cc2)c1C. The van der Waals surface area contributed by atoms with Crippen molar-refractivity contribution in [3.63, 3.8) is 0 Å². The Morgan fingerprint density at radius 1 is 0.258 bits per heavy atom. The van der Waals surface area contributed by atoms with Crippen LogP contribution >= 0.6 is 0 Å². The molecule has 0 spiro atoms. The van der Waals surface area contributed by atoms with Gasteiger partial charge in [-0.2, -0.15) is 20.4 Å². The molecule has 8 amide bonds. The maximum absolute atomic E-state index is 12.5. The van der Waals surface area contributed by atoms with E-state index in [1.807, 2.05) is 219 Å². The van der Waals surface area contributed by atoms with E-state index in [-0.39, 0.29) is 45.8 Å². The second-order valence-electron chi connectivity index (χ2n) is 35.6. The summed E-state index contributed by atoms with van der Waals surface area (Å²) >= 11 is 0. The number of H-pyrrole nitrogens is 4. The number of carbonyl (C=O) groups excluding carboxylic acids is 4. The summed E-state index contributed by atoms with van der Waals surface area (Å²) in [7, 11) is 0. The average molecular weight is 1650 g/mol. The van der Waals surface area contributed by atoms with Gasteiger partial charge < -0.3 is 42.5 Å². The zero-order valence-corrected chi connectivity index (χ0v) is 74.0. The number of carbonyl (C=O) groups is 4. The maximum Gasteiger partial charge on any atom is 0.323 e. The summed E-state index contributed by atoms with van der Waals surface area (Å²) in [6.45, 7) is 41.8. The highest BCUT2D eigenvalue weighted by Gasteiger charge is 2.25. The van der Waals surface area contributed by atoms with Gasteiger partial charge in [-0.05, 0) is 254 Å². The number of rotatable bonds is 12. The van der Waals surface area contributed by atoms with Crippen LogP contribution in [0, 0.1) is 55.4 Å². The number of benzene rings is 8. The molecule has 16 rings (SSSR count). The summed E-state index contributed by atoms with van der Waals surface area (Å²) in [5.74, 6) is 0. The van der Waals surface area contributed by atoms with Crippen molar-refractivity contribution in [2.75, 3.05) is 42.5 Å². The molecule has 0 aliphatic heterocycles. The number of pyridine rings is 4. The van der Waals surface area contributed by atoms with E-state index in [0.717, 1.165) is 196 Å². The summed E-state index contributed by atoms with van der Waals surface area (Å²) in [6, 6.07) is 62.3. The molecule has 24 nitrogen and oxygen atoms in total. The van der Waals surface area contributed by atoms with Crippen molar-refractivity contribution in [2.45, 2.75) is 160 Å². The third-order valence-corrected chi connectivity index (χ3v) is 21.3. The van der Waals surface area contributed by atoms with Gasteiger partial charge in [0.15, 0.2) is 22.6 Å². The van der Waals surface area contributed by atoms with E-state index >= 15 is 0 Å². The lowest BCUT2D eigenvalue weighted by Gasteiger charge is -2.19. The Morgan fingerprint density at radius 3 is 0.887 bits per heavy atom. The molecule has 24 heteroatoms. The lowest BCUT2D eigenvalue weighted by Crippen LogP contribution is -2.20. The number of fused-ring (bicyclic) bond motifs is 4. The van der Waals surface area contributed by atoms with Crippen molar-refractivity contribution in [3.05, 3.63) is 286 Å². The number of amides is 8. The number of anilines is 8. The number of nitrogens with zero attached hydrogens (tertiary/aromatic N) is 8. The van der Waals surface area contributed by atoms with Gasteiger partial charge in [-0.15, -0.1) is 0 Å². The van der Waals surface area contributed by atoms with Crippen LogP contribution in [-0.4, -0.2) is 84.8 Å². The molecular weight excluding hydrogens is 1550 g/mol. The van der Waals surface area contributed by atoms with Gasteiger partial charge in [0.2, 0.25) is 0 Å². The van der Waals surface area contributed by atoms with Crippen LogP contribution in [0.4, 0.5) is 64.7 Å². The Bertz CT molecular complexity index is 6420. The molecule has 632 valence electrons. The smallest absolute Gasteiger partial charge is 0.308 e. The van der Waals surface area contributed by atoms with Crippen LogP contribution in [0.25, 0.3) is 88.6 Å². The second-order valence-corrected chi connectivity index (χ2v) is 35.6. The number of urea groups is 4. The maximum atomic E-state index is 12.5. The van der Waals surface area contributed by atoms with Gasteiger partial charge in [0.05, 0.1) is 24.8 Å². The minimum Gasteiger partial charge on any atom is -0.308 e. The molecule has 8 heterocycles. The van der Waals surface area contributed by atoms with Crippen molar-refractivity contribution >= 4 is 114 Å². The van der Waals surface area contributed by atoms with Crippen LogP contribution in [0.2, 0.25) is 0 Å². The Hall–Kier alpha value is -14.7. The molecule has 12 N–H and O–H groups in total. The highest BCUT2D eigenvalue weighted by molar-refractivity contribution is 6.04. The Balaban J connectivity index is 0.000000142. The number of aromatic nitrogens is 12. The van der Waals surface area contributed by atoms with E-state index in [4.69, 9.17) is 19.9 Å². The van der Waals surface area contributed by atoms with Gasteiger partial charge in [-0.25, -0.2) is 39.1 Å². The Morgan fingerprint density at radius 2 is 0.556 bits per heavy atom. The van der Waals surface area contributed by atoms with E-state index < -0.39 is 0 Å². The molecule has 0 fully saturated rings. The summed E-state index contributed by atoms with van der Waals surface area (Å²) in [5, 5.41) is 55.7. The van der Waals surface area contributed by atoms with Gasteiger partial charge in [0, 0.05) is 111 Å². The highest BCUT2D eigenvalue weighted by Crippen LogP contribution is 2.38. The molecule has 0 radical (unpaired) electrons.